The van der Waals surface area contributed by atoms with Crippen LogP contribution in [0.15, 0.2) is 34.9 Å². The van der Waals surface area contributed by atoms with Gasteiger partial charge in [-0.3, -0.25) is 4.79 Å². The SMILES string of the molecule is Cc1ccc(-c2ccc3ncc(CC(=O)O)n3n2)o1. The highest BCUT2D eigenvalue weighted by molar-refractivity contribution is 5.70. The molecule has 0 amide bonds. The zero-order valence-corrected chi connectivity index (χ0v) is 10.2. The number of furan rings is 1. The second-order valence-electron chi connectivity index (χ2n) is 4.22. The number of aromatic nitrogens is 3. The normalized spacial score (nSPS) is 11.0. The number of aliphatic carboxylic acids is 1. The molecule has 0 saturated heterocycles. The van der Waals surface area contributed by atoms with Gasteiger partial charge < -0.3 is 9.52 Å². The maximum atomic E-state index is 10.8. The van der Waals surface area contributed by atoms with E-state index in [0.29, 0.717) is 22.8 Å². The molecule has 3 aromatic heterocycles. The van der Waals surface area contributed by atoms with E-state index >= 15 is 0 Å². The minimum Gasteiger partial charge on any atom is -0.481 e. The summed E-state index contributed by atoms with van der Waals surface area (Å²) < 4.78 is 7.03. The Morgan fingerprint density at radius 1 is 1.37 bits per heavy atom. The molecule has 6 nitrogen and oxygen atoms in total. The third-order valence-corrected chi connectivity index (χ3v) is 2.76. The number of aryl methyl sites for hydroxylation is 1. The fraction of sp³-hybridized carbons (Fsp3) is 0.154. The van der Waals surface area contributed by atoms with Crippen molar-refractivity contribution in [2.45, 2.75) is 13.3 Å². The highest BCUT2D eigenvalue weighted by Crippen LogP contribution is 2.20. The molecule has 0 aromatic carbocycles. The predicted molar refractivity (Wildman–Crippen MR) is 66.8 cm³/mol. The van der Waals surface area contributed by atoms with Gasteiger partial charge in [0.05, 0.1) is 18.3 Å². The van der Waals surface area contributed by atoms with Crippen molar-refractivity contribution >= 4 is 11.6 Å². The Morgan fingerprint density at radius 2 is 2.21 bits per heavy atom. The number of carboxylic acid groups (broad SMARTS) is 1. The molecule has 1 N–H and O–H groups in total. The quantitative estimate of drug-likeness (QED) is 0.775. The third kappa shape index (κ3) is 2.08. The molecule has 0 saturated carbocycles. The van der Waals surface area contributed by atoms with Gasteiger partial charge in [0.1, 0.15) is 11.5 Å². The van der Waals surface area contributed by atoms with Gasteiger partial charge in [-0.1, -0.05) is 0 Å². The van der Waals surface area contributed by atoms with Gasteiger partial charge in [0, 0.05) is 0 Å². The van der Waals surface area contributed by atoms with Crippen molar-refractivity contribution in [3.8, 4) is 11.5 Å². The maximum Gasteiger partial charge on any atom is 0.309 e. The summed E-state index contributed by atoms with van der Waals surface area (Å²) in [5.74, 6) is 0.533. The molecule has 6 heteroatoms. The van der Waals surface area contributed by atoms with Crippen molar-refractivity contribution in [1.82, 2.24) is 14.6 Å². The first-order valence-electron chi connectivity index (χ1n) is 5.76. The largest absolute Gasteiger partial charge is 0.481 e. The van der Waals surface area contributed by atoms with Gasteiger partial charge in [-0.25, -0.2) is 9.50 Å². The van der Waals surface area contributed by atoms with Crippen molar-refractivity contribution in [3.05, 3.63) is 41.9 Å². The average molecular weight is 257 g/mol. The molecule has 0 aliphatic heterocycles. The lowest BCUT2D eigenvalue weighted by molar-refractivity contribution is -0.136. The Hall–Kier alpha value is -2.63. The summed E-state index contributed by atoms with van der Waals surface area (Å²) in [5.41, 5.74) is 1.79. The van der Waals surface area contributed by atoms with E-state index in [9.17, 15) is 4.79 Å². The monoisotopic (exact) mass is 257 g/mol. The fourth-order valence-corrected chi connectivity index (χ4v) is 1.90. The van der Waals surface area contributed by atoms with Crippen molar-refractivity contribution in [2.75, 3.05) is 0 Å². The summed E-state index contributed by atoms with van der Waals surface area (Å²) in [7, 11) is 0. The molecule has 0 fully saturated rings. The van der Waals surface area contributed by atoms with Crippen LogP contribution in [0.3, 0.4) is 0 Å². The summed E-state index contributed by atoms with van der Waals surface area (Å²) in [4.78, 5) is 14.9. The number of rotatable bonds is 3. The number of carbonyl (C=O) groups is 1. The van der Waals surface area contributed by atoms with Crippen LogP contribution >= 0.6 is 0 Å². The highest BCUT2D eigenvalue weighted by atomic mass is 16.4. The van der Waals surface area contributed by atoms with E-state index in [0.717, 1.165) is 5.76 Å². The van der Waals surface area contributed by atoms with E-state index < -0.39 is 5.97 Å². The molecule has 0 bridgehead atoms. The molecule has 3 aromatic rings. The molecule has 0 spiro atoms. The zero-order valence-electron chi connectivity index (χ0n) is 10.2. The van der Waals surface area contributed by atoms with E-state index in [1.807, 2.05) is 19.1 Å². The summed E-state index contributed by atoms with van der Waals surface area (Å²) in [5, 5.41) is 13.2. The maximum absolute atomic E-state index is 10.8. The molecular weight excluding hydrogens is 246 g/mol. The average Bonchev–Trinajstić information content (AvgIpc) is 2.95. The predicted octanol–water partition coefficient (Wildman–Crippen LogP) is 1.92. The van der Waals surface area contributed by atoms with Gasteiger partial charge in [-0.05, 0) is 31.2 Å². The van der Waals surface area contributed by atoms with Crippen LogP contribution < -0.4 is 0 Å². The van der Waals surface area contributed by atoms with Crippen LogP contribution in [0.5, 0.6) is 0 Å². The van der Waals surface area contributed by atoms with E-state index in [4.69, 9.17) is 9.52 Å². The van der Waals surface area contributed by atoms with Crippen LogP contribution in [0.1, 0.15) is 11.5 Å². The standard InChI is InChI=1S/C13H11N3O3/c1-8-2-4-11(19-8)10-3-5-12-14-7-9(6-13(17)18)16(12)15-10/h2-5,7H,6H2,1H3,(H,17,18). The molecule has 0 unspecified atom stereocenters. The van der Waals surface area contributed by atoms with Crippen LogP contribution in [0.25, 0.3) is 17.1 Å². The van der Waals surface area contributed by atoms with Crippen LogP contribution in [0, 0.1) is 6.92 Å². The van der Waals surface area contributed by atoms with Crippen molar-refractivity contribution in [1.29, 1.82) is 0 Å². The molecule has 3 rings (SSSR count). The smallest absolute Gasteiger partial charge is 0.309 e. The molecule has 0 atom stereocenters. The van der Waals surface area contributed by atoms with Crippen molar-refractivity contribution < 1.29 is 14.3 Å². The zero-order chi connectivity index (χ0) is 13.4. The molecule has 0 aliphatic carbocycles. The Kier molecular flexibility index (Phi) is 2.56. The van der Waals surface area contributed by atoms with Crippen molar-refractivity contribution in [3.63, 3.8) is 0 Å². The lowest BCUT2D eigenvalue weighted by Crippen LogP contribution is -2.05. The number of hydrogen-bond donors (Lipinski definition) is 1. The third-order valence-electron chi connectivity index (χ3n) is 2.76. The second kappa shape index (κ2) is 4.24. The summed E-state index contributed by atoms with van der Waals surface area (Å²) >= 11 is 0. The van der Waals surface area contributed by atoms with Gasteiger partial charge in [-0.15, -0.1) is 0 Å². The lowest BCUT2D eigenvalue weighted by Gasteiger charge is -2.00. The van der Waals surface area contributed by atoms with Crippen LogP contribution in [0.2, 0.25) is 0 Å². The summed E-state index contributed by atoms with van der Waals surface area (Å²) in [6.45, 7) is 1.86. The first-order chi connectivity index (χ1) is 9.13. The fourth-order valence-electron chi connectivity index (χ4n) is 1.90. The molecule has 3 heterocycles. The van der Waals surface area contributed by atoms with E-state index in [2.05, 4.69) is 10.1 Å². The lowest BCUT2D eigenvalue weighted by atomic mass is 10.3. The number of hydrogen-bond acceptors (Lipinski definition) is 4. The van der Waals surface area contributed by atoms with Gasteiger partial charge in [0.2, 0.25) is 0 Å². The van der Waals surface area contributed by atoms with E-state index in [1.54, 1.807) is 12.1 Å². The van der Waals surface area contributed by atoms with E-state index in [-0.39, 0.29) is 6.42 Å². The Morgan fingerprint density at radius 3 is 2.89 bits per heavy atom. The number of carboxylic acids is 1. The van der Waals surface area contributed by atoms with Crippen LogP contribution in [0.4, 0.5) is 0 Å². The number of nitrogens with zero attached hydrogens (tertiary/aromatic N) is 3. The van der Waals surface area contributed by atoms with Crippen LogP contribution in [-0.2, 0) is 11.2 Å². The van der Waals surface area contributed by atoms with Crippen LogP contribution in [-0.4, -0.2) is 25.7 Å². The highest BCUT2D eigenvalue weighted by Gasteiger charge is 2.11. The number of fused-ring (bicyclic) bond motifs is 1. The van der Waals surface area contributed by atoms with Gasteiger partial charge >= 0.3 is 5.97 Å². The first-order valence-corrected chi connectivity index (χ1v) is 5.76. The molecule has 0 radical (unpaired) electrons. The van der Waals surface area contributed by atoms with Gasteiger partial charge in [-0.2, -0.15) is 5.10 Å². The number of imidazole rings is 1. The van der Waals surface area contributed by atoms with Gasteiger partial charge in [0.15, 0.2) is 11.4 Å². The summed E-state index contributed by atoms with van der Waals surface area (Å²) in [6.07, 6.45) is 1.41. The second-order valence-corrected chi connectivity index (χ2v) is 4.22. The van der Waals surface area contributed by atoms with E-state index in [1.165, 1.54) is 10.7 Å². The first kappa shape index (κ1) is 11.5. The minimum absolute atomic E-state index is 0.116. The topological polar surface area (TPSA) is 80.6 Å². The minimum atomic E-state index is -0.914. The summed E-state index contributed by atoms with van der Waals surface area (Å²) in [6, 6.07) is 7.27. The Balaban J connectivity index is 2.10. The molecular formula is C13H11N3O3. The van der Waals surface area contributed by atoms with Gasteiger partial charge in [0.25, 0.3) is 0 Å². The molecule has 19 heavy (non-hydrogen) atoms. The van der Waals surface area contributed by atoms with Crippen molar-refractivity contribution in [2.24, 2.45) is 0 Å². The molecule has 0 aliphatic rings. The Labute approximate surface area is 108 Å². The molecule has 96 valence electrons. The Bertz CT molecular complexity index is 757.